The second-order valence-corrected chi connectivity index (χ2v) is 7.00. The van der Waals surface area contributed by atoms with Crippen LogP contribution in [0.15, 0.2) is 29.2 Å². The number of nitrogens with zero attached hydrogens (tertiary/aromatic N) is 1. The normalized spacial score (nSPS) is 14.2. The fourth-order valence-corrected chi connectivity index (χ4v) is 3.04. The standard InChI is InChI=1S/C15H20N2O4S/c1-5-21-14(18)12-6-8-13(9-7-12)22(19,20)17-15(4,10-16)11(2)3/h6-9,11,17H,5H2,1-4H3/t15-/m1/s1. The van der Waals surface area contributed by atoms with Crippen molar-refractivity contribution in [1.29, 1.82) is 5.26 Å². The molecule has 0 bridgehead atoms. The maximum Gasteiger partial charge on any atom is 0.338 e. The number of carbonyl (C=O) groups is 1. The molecule has 0 aliphatic carbocycles. The summed E-state index contributed by atoms with van der Waals surface area (Å²) in [5.41, 5.74) is -0.939. The second kappa shape index (κ2) is 6.90. The predicted octanol–water partition coefficient (Wildman–Crippen LogP) is 2.08. The van der Waals surface area contributed by atoms with Gasteiger partial charge in [-0.2, -0.15) is 9.98 Å². The molecule has 0 spiro atoms. The zero-order chi connectivity index (χ0) is 17.0. The molecule has 1 aromatic carbocycles. The van der Waals surface area contributed by atoms with Crippen molar-refractivity contribution in [2.75, 3.05) is 6.61 Å². The van der Waals surface area contributed by atoms with Gasteiger partial charge in [0.1, 0.15) is 5.54 Å². The van der Waals surface area contributed by atoms with Crippen molar-refractivity contribution in [2.24, 2.45) is 5.92 Å². The first-order valence-corrected chi connectivity index (χ1v) is 8.37. The minimum atomic E-state index is -3.85. The molecule has 0 fully saturated rings. The molecule has 22 heavy (non-hydrogen) atoms. The SMILES string of the molecule is CCOC(=O)c1ccc(S(=O)(=O)N[C@](C)(C#N)C(C)C)cc1. The molecule has 0 aliphatic heterocycles. The highest BCUT2D eigenvalue weighted by atomic mass is 32.2. The fourth-order valence-electron chi connectivity index (χ4n) is 1.59. The molecule has 0 saturated carbocycles. The van der Waals surface area contributed by atoms with Crippen molar-refractivity contribution in [2.45, 2.75) is 38.1 Å². The Morgan fingerprint density at radius 2 is 1.91 bits per heavy atom. The number of nitrogens with one attached hydrogen (secondary N) is 1. The van der Waals surface area contributed by atoms with Gasteiger partial charge >= 0.3 is 5.97 Å². The third-order valence-corrected chi connectivity index (χ3v) is 4.99. The Morgan fingerprint density at radius 1 is 1.36 bits per heavy atom. The van der Waals surface area contributed by atoms with Crippen molar-refractivity contribution in [3.8, 4) is 6.07 Å². The van der Waals surface area contributed by atoms with E-state index in [2.05, 4.69) is 4.72 Å². The van der Waals surface area contributed by atoms with Crippen LogP contribution in [0.25, 0.3) is 0 Å². The first-order chi connectivity index (χ1) is 10.2. The summed E-state index contributed by atoms with van der Waals surface area (Å²) in [6.45, 7) is 6.98. The number of hydrogen-bond acceptors (Lipinski definition) is 5. The van der Waals surface area contributed by atoms with Gasteiger partial charge in [-0.15, -0.1) is 0 Å². The van der Waals surface area contributed by atoms with Crippen LogP contribution in [0, 0.1) is 17.2 Å². The van der Waals surface area contributed by atoms with Crippen molar-refractivity contribution in [3.63, 3.8) is 0 Å². The van der Waals surface area contributed by atoms with E-state index < -0.39 is 21.5 Å². The Hall–Kier alpha value is -1.91. The summed E-state index contributed by atoms with van der Waals surface area (Å²) in [7, 11) is -3.85. The van der Waals surface area contributed by atoms with Gasteiger partial charge in [0.2, 0.25) is 10.0 Å². The van der Waals surface area contributed by atoms with Gasteiger partial charge < -0.3 is 4.74 Å². The summed E-state index contributed by atoms with van der Waals surface area (Å²) in [6, 6.07) is 7.37. The van der Waals surface area contributed by atoms with E-state index in [-0.39, 0.29) is 23.0 Å². The van der Waals surface area contributed by atoms with Gasteiger partial charge in [0.25, 0.3) is 0 Å². The highest BCUT2D eigenvalue weighted by Gasteiger charge is 2.33. The minimum Gasteiger partial charge on any atom is -0.462 e. The van der Waals surface area contributed by atoms with Crippen LogP contribution in [0.5, 0.6) is 0 Å². The molecule has 6 nitrogen and oxygen atoms in total. The zero-order valence-electron chi connectivity index (χ0n) is 13.1. The fraction of sp³-hybridized carbons (Fsp3) is 0.467. The van der Waals surface area contributed by atoms with Gasteiger partial charge in [-0.3, -0.25) is 0 Å². The number of ether oxygens (including phenoxy) is 1. The number of hydrogen-bond donors (Lipinski definition) is 1. The van der Waals surface area contributed by atoms with Gasteiger partial charge in [0, 0.05) is 0 Å². The molecule has 120 valence electrons. The van der Waals surface area contributed by atoms with Crippen LogP contribution in [0.2, 0.25) is 0 Å². The third-order valence-electron chi connectivity index (χ3n) is 3.41. The van der Waals surface area contributed by atoms with E-state index in [0.29, 0.717) is 0 Å². The van der Waals surface area contributed by atoms with Crippen LogP contribution < -0.4 is 4.72 Å². The van der Waals surface area contributed by atoms with Gasteiger partial charge in [0.15, 0.2) is 0 Å². The van der Waals surface area contributed by atoms with E-state index in [1.54, 1.807) is 20.8 Å². The van der Waals surface area contributed by atoms with Crippen molar-refractivity contribution >= 4 is 16.0 Å². The van der Waals surface area contributed by atoms with Crippen LogP contribution in [0.4, 0.5) is 0 Å². The number of carbonyl (C=O) groups excluding carboxylic acids is 1. The molecule has 1 aromatic rings. The lowest BCUT2D eigenvalue weighted by Crippen LogP contribution is -2.48. The molecule has 0 aliphatic rings. The predicted molar refractivity (Wildman–Crippen MR) is 81.6 cm³/mol. The Kier molecular flexibility index (Phi) is 5.69. The number of benzene rings is 1. The van der Waals surface area contributed by atoms with Crippen LogP contribution in [-0.4, -0.2) is 26.5 Å². The summed E-state index contributed by atoms with van der Waals surface area (Å²) in [4.78, 5) is 11.5. The summed E-state index contributed by atoms with van der Waals surface area (Å²) < 4.78 is 31.9. The first-order valence-electron chi connectivity index (χ1n) is 6.88. The summed E-state index contributed by atoms with van der Waals surface area (Å²) >= 11 is 0. The minimum absolute atomic E-state index is 0.0114. The molecular weight excluding hydrogens is 304 g/mol. The smallest absolute Gasteiger partial charge is 0.338 e. The highest BCUT2D eigenvalue weighted by Crippen LogP contribution is 2.20. The number of sulfonamides is 1. The van der Waals surface area contributed by atoms with Gasteiger partial charge in [-0.1, -0.05) is 13.8 Å². The van der Waals surface area contributed by atoms with Crippen molar-refractivity contribution in [3.05, 3.63) is 29.8 Å². The molecule has 0 saturated heterocycles. The largest absolute Gasteiger partial charge is 0.462 e. The Labute approximate surface area is 131 Å². The first kappa shape index (κ1) is 18.1. The molecule has 0 unspecified atom stereocenters. The van der Waals surface area contributed by atoms with E-state index >= 15 is 0 Å². The van der Waals surface area contributed by atoms with Crippen LogP contribution in [0.3, 0.4) is 0 Å². The molecular formula is C15H20N2O4S. The second-order valence-electron chi connectivity index (χ2n) is 5.32. The molecule has 0 heterocycles. The van der Waals surface area contributed by atoms with E-state index in [1.165, 1.54) is 31.2 Å². The highest BCUT2D eigenvalue weighted by molar-refractivity contribution is 7.89. The maximum atomic E-state index is 12.3. The van der Waals surface area contributed by atoms with Gasteiger partial charge in [-0.25, -0.2) is 13.2 Å². The van der Waals surface area contributed by atoms with Gasteiger partial charge in [-0.05, 0) is 44.0 Å². The molecule has 1 N–H and O–H groups in total. The van der Waals surface area contributed by atoms with E-state index in [9.17, 15) is 18.5 Å². The molecule has 0 amide bonds. The Morgan fingerprint density at radius 3 is 2.32 bits per heavy atom. The van der Waals surface area contributed by atoms with Crippen molar-refractivity contribution < 1.29 is 17.9 Å². The Bertz CT molecular complexity index is 674. The monoisotopic (exact) mass is 324 g/mol. The molecule has 1 rings (SSSR count). The quantitative estimate of drug-likeness (QED) is 0.808. The van der Waals surface area contributed by atoms with Crippen LogP contribution in [-0.2, 0) is 14.8 Å². The Balaban J connectivity index is 3.05. The van der Waals surface area contributed by atoms with Crippen molar-refractivity contribution in [1.82, 2.24) is 4.72 Å². The van der Waals surface area contributed by atoms with Gasteiger partial charge in [0.05, 0.1) is 23.1 Å². The molecule has 7 heteroatoms. The lowest BCUT2D eigenvalue weighted by atomic mass is 9.92. The maximum absolute atomic E-state index is 12.3. The number of rotatable bonds is 6. The third kappa shape index (κ3) is 4.06. The number of esters is 1. The van der Waals surface area contributed by atoms with Crippen LogP contribution >= 0.6 is 0 Å². The molecule has 0 aromatic heterocycles. The number of nitriles is 1. The van der Waals surface area contributed by atoms with E-state index in [0.717, 1.165) is 0 Å². The zero-order valence-corrected chi connectivity index (χ0v) is 13.9. The average molecular weight is 324 g/mol. The molecule has 1 atom stereocenters. The van der Waals surface area contributed by atoms with Crippen LogP contribution in [0.1, 0.15) is 38.1 Å². The lowest BCUT2D eigenvalue weighted by molar-refractivity contribution is 0.0526. The molecule has 0 radical (unpaired) electrons. The summed E-state index contributed by atoms with van der Waals surface area (Å²) in [5, 5.41) is 9.20. The average Bonchev–Trinajstić information content (AvgIpc) is 2.47. The van der Waals surface area contributed by atoms with E-state index in [4.69, 9.17) is 4.74 Å². The van der Waals surface area contributed by atoms with E-state index in [1.807, 2.05) is 6.07 Å². The lowest BCUT2D eigenvalue weighted by Gasteiger charge is -2.26. The topological polar surface area (TPSA) is 96.3 Å². The summed E-state index contributed by atoms with van der Waals surface area (Å²) in [5.74, 6) is -0.713. The summed E-state index contributed by atoms with van der Waals surface area (Å²) in [6.07, 6.45) is 0.